The molecule has 2 unspecified atom stereocenters. The SMILES string of the molecule is CN(CC(=O)O)C(=O)C1CC1c1cccc2ccccc12. The molecule has 0 heterocycles. The first kappa shape index (κ1) is 13.6. The van der Waals surface area contributed by atoms with Gasteiger partial charge in [0.05, 0.1) is 0 Å². The molecule has 2 atom stereocenters. The van der Waals surface area contributed by atoms with Gasteiger partial charge < -0.3 is 10.0 Å². The van der Waals surface area contributed by atoms with Crippen molar-refractivity contribution >= 4 is 22.6 Å². The molecule has 2 aromatic carbocycles. The van der Waals surface area contributed by atoms with E-state index in [1.807, 2.05) is 18.2 Å². The number of likely N-dealkylation sites (N-methyl/N-ethyl adjacent to an activating group) is 1. The van der Waals surface area contributed by atoms with Crippen LogP contribution in [0.1, 0.15) is 17.9 Å². The van der Waals surface area contributed by atoms with Crippen LogP contribution in [0.3, 0.4) is 0 Å². The first-order valence-electron chi connectivity index (χ1n) is 7.02. The lowest BCUT2D eigenvalue weighted by molar-refractivity contribution is -0.144. The quantitative estimate of drug-likeness (QED) is 0.938. The Labute approximate surface area is 123 Å². The van der Waals surface area contributed by atoms with E-state index in [0.717, 1.165) is 6.42 Å². The third-order valence-corrected chi connectivity index (χ3v) is 4.08. The zero-order valence-electron chi connectivity index (χ0n) is 11.8. The van der Waals surface area contributed by atoms with Crippen molar-refractivity contribution < 1.29 is 14.7 Å². The number of carbonyl (C=O) groups is 2. The number of benzene rings is 2. The maximum Gasteiger partial charge on any atom is 0.323 e. The average molecular weight is 283 g/mol. The fraction of sp³-hybridized carbons (Fsp3) is 0.294. The topological polar surface area (TPSA) is 57.6 Å². The Bertz CT molecular complexity index is 705. The maximum absolute atomic E-state index is 12.2. The highest BCUT2D eigenvalue weighted by Crippen LogP contribution is 2.50. The Morgan fingerprint density at radius 3 is 2.67 bits per heavy atom. The molecule has 1 fully saturated rings. The van der Waals surface area contributed by atoms with Gasteiger partial charge in [-0.2, -0.15) is 0 Å². The van der Waals surface area contributed by atoms with Crippen LogP contribution in [-0.4, -0.2) is 35.5 Å². The van der Waals surface area contributed by atoms with Crippen LogP contribution in [0.2, 0.25) is 0 Å². The van der Waals surface area contributed by atoms with Crippen LogP contribution in [0.15, 0.2) is 42.5 Å². The van der Waals surface area contributed by atoms with Gasteiger partial charge in [0.25, 0.3) is 0 Å². The van der Waals surface area contributed by atoms with E-state index in [4.69, 9.17) is 5.11 Å². The normalized spacial score (nSPS) is 20.2. The molecule has 0 saturated heterocycles. The lowest BCUT2D eigenvalue weighted by Crippen LogP contribution is -2.33. The van der Waals surface area contributed by atoms with Gasteiger partial charge in [0, 0.05) is 13.0 Å². The van der Waals surface area contributed by atoms with Crippen molar-refractivity contribution in [2.75, 3.05) is 13.6 Å². The van der Waals surface area contributed by atoms with Gasteiger partial charge in [-0.15, -0.1) is 0 Å². The summed E-state index contributed by atoms with van der Waals surface area (Å²) in [4.78, 5) is 24.2. The van der Waals surface area contributed by atoms with Crippen LogP contribution < -0.4 is 0 Å². The van der Waals surface area contributed by atoms with Crippen molar-refractivity contribution in [3.63, 3.8) is 0 Å². The molecule has 3 rings (SSSR count). The molecule has 108 valence electrons. The van der Waals surface area contributed by atoms with Crippen molar-refractivity contribution in [2.45, 2.75) is 12.3 Å². The van der Waals surface area contributed by atoms with Crippen LogP contribution >= 0.6 is 0 Å². The van der Waals surface area contributed by atoms with Gasteiger partial charge in [-0.1, -0.05) is 42.5 Å². The molecule has 0 bridgehead atoms. The maximum atomic E-state index is 12.2. The van der Waals surface area contributed by atoms with E-state index >= 15 is 0 Å². The van der Waals surface area contributed by atoms with E-state index in [2.05, 4.69) is 24.3 Å². The number of rotatable bonds is 4. The monoisotopic (exact) mass is 283 g/mol. The predicted molar refractivity (Wildman–Crippen MR) is 80.1 cm³/mol. The summed E-state index contributed by atoms with van der Waals surface area (Å²) in [5.74, 6) is -0.927. The fourth-order valence-electron chi connectivity index (χ4n) is 2.95. The molecule has 0 aromatic heterocycles. The van der Waals surface area contributed by atoms with Crippen molar-refractivity contribution in [3.05, 3.63) is 48.0 Å². The van der Waals surface area contributed by atoms with E-state index in [1.54, 1.807) is 7.05 Å². The zero-order chi connectivity index (χ0) is 15.0. The first-order valence-corrected chi connectivity index (χ1v) is 7.02. The number of carbonyl (C=O) groups excluding carboxylic acids is 1. The highest BCUT2D eigenvalue weighted by molar-refractivity contribution is 5.90. The van der Waals surface area contributed by atoms with Gasteiger partial charge in [0.1, 0.15) is 6.54 Å². The second-order valence-electron chi connectivity index (χ2n) is 5.61. The molecule has 1 aliphatic carbocycles. The van der Waals surface area contributed by atoms with Crippen molar-refractivity contribution in [2.24, 2.45) is 5.92 Å². The molecular formula is C17H17NO3. The molecule has 0 aliphatic heterocycles. The third kappa shape index (κ3) is 2.61. The van der Waals surface area contributed by atoms with Crippen LogP contribution in [0.25, 0.3) is 10.8 Å². The number of hydrogen-bond donors (Lipinski definition) is 1. The summed E-state index contributed by atoms with van der Waals surface area (Å²) in [6.45, 7) is -0.239. The third-order valence-electron chi connectivity index (χ3n) is 4.08. The first-order chi connectivity index (χ1) is 10.1. The smallest absolute Gasteiger partial charge is 0.323 e. The Morgan fingerprint density at radius 1 is 1.19 bits per heavy atom. The van der Waals surface area contributed by atoms with Crippen molar-refractivity contribution in [3.8, 4) is 0 Å². The predicted octanol–water partition coefficient (Wildman–Crippen LogP) is 2.49. The number of fused-ring (bicyclic) bond motifs is 1. The number of hydrogen-bond acceptors (Lipinski definition) is 2. The zero-order valence-corrected chi connectivity index (χ0v) is 11.8. The summed E-state index contributed by atoms with van der Waals surface area (Å²) in [6.07, 6.45) is 0.802. The minimum Gasteiger partial charge on any atom is -0.480 e. The van der Waals surface area contributed by atoms with Crippen LogP contribution in [0, 0.1) is 5.92 Å². The molecular weight excluding hydrogens is 266 g/mol. The van der Waals surface area contributed by atoms with Gasteiger partial charge in [-0.3, -0.25) is 9.59 Å². The summed E-state index contributed by atoms with van der Waals surface area (Å²) in [5.41, 5.74) is 1.19. The Kier molecular flexibility index (Phi) is 3.37. The van der Waals surface area contributed by atoms with Crippen LogP contribution in [0.4, 0.5) is 0 Å². The number of carboxylic acids is 1. The van der Waals surface area contributed by atoms with Gasteiger partial charge in [-0.25, -0.2) is 0 Å². The molecule has 1 N–H and O–H groups in total. The molecule has 1 aliphatic rings. The molecule has 0 spiro atoms. The number of amides is 1. The highest BCUT2D eigenvalue weighted by atomic mass is 16.4. The average Bonchev–Trinajstić information content (AvgIpc) is 3.25. The van der Waals surface area contributed by atoms with E-state index in [0.29, 0.717) is 0 Å². The number of aliphatic carboxylic acids is 1. The van der Waals surface area contributed by atoms with Crippen molar-refractivity contribution in [1.29, 1.82) is 0 Å². The van der Waals surface area contributed by atoms with E-state index < -0.39 is 5.97 Å². The Hall–Kier alpha value is -2.36. The highest BCUT2D eigenvalue weighted by Gasteiger charge is 2.45. The summed E-state index contributed by atoms with van der Waals surface area (Å²) in [6, 6.07) is 14.3. The minimum absolute atomic E-state index is 0.0738. The largest absolute Gasteiger partial charge is 0.480 e. The van der Waals surface area contributed by atoms with Gasteiger partial charge >= 0.3 is 5.97 Å². The summed E-state index contributed by atoms with van der Waals surface area (Å²) in [5, 5.41) is 11.1. The Morgan fingerprint density at radius 2 is 1.90 bits per heavy atom. The summed E-state index contributed by atoms with van der Waals surface area (Å²) in [7, 11) is 1.55. The van der Waals surface area contributed by atoms with Gasteiger partial charge in [-0.05, 0) is 28.7 Å². The number of nitrogens with zero attached hydrogens (tertiary/aromatic N) is 1. The molecule has 0 radical (unpaired) electrons. The molecule has 21 heavy (non-hydrogen) atoms. The van der Waals surface area contributed by atoms with E-state index in [-0.39, 0.29) is 24.3 Å². The van der Waals surface area contributed by atoms with E-state index in [9.17, 15) is 9.59 Å². The molecule has 1 amide bonds. The standard InChI is InChI=1S/C17H17NO3/c1-18(10-16(19)20)17(21)15-9-14(15)13-8-4-6-11-5-2-3-7-12(11)13/h2-8,14-15H,9-10H2,1H3,(H,19,20). The van der Waals surface area contributed by atoms with Crippen LogP contribution in [-0.2, 0) is 9.59 Å². The van der Waals surface area contributed by atoms with E-state index in [1.165, 1.54) is 21.2 Å². The van der Waals surface area contributed by atoms with Gasteiger partial charge in [0.15, 0.2) is 0 Å². The molecule has 4 heteroatoms. The summed E-state index contributed by atoms with van der Waals surface area (Å²) >= 11 is 0. The Balaban J connectivity index is 1.81. The lowest BCUT2D eigenvalue weighted by atomic mass is 10.00. The molecule has 1 saturated carbocycles. The lowest BCUT2D eigenvalue weighted by Gasteiger charge is -2.14. The fourth-order valence-corrected chi connectivity index (χ4v) is 2.95. The van der Waals surface area contributed by atoms with Crippen molar-refractivity contribution in [1.82, 2.24) is 4.90 Å². The van der Waals surface area contributed by atoms with Crippen LogP contribution in [0.5, 0.6) is 0 Å². The molecule has 2 aromatic rings. The summed E-state index contributed by atoms with van der Waals surface area (Å²) < 4.78 is 0. The second-order valence-corrected chi connectivity index (χ2v) is 5.61. The number of carboxylic acid groups (broad SMARTS) is 1. The minimum atomic E-state index is -0.979. The second kappa shape index (κ2) is 5.20. The van der Waals surface area contributed by atoms with Gasteiger partial charge in [0.2, 0.25) is 5.91 Å². The molecule has 4 nitrogen and oxygen atoms in total.